The molecular weight excluding hydrogens is 362 g/mol. The Hall–Kier alpha value is -2.79. The number of benzene rings is 2. The van der Waals surface area contributed by atoms with Crippen LogP contribution in [0.15, 0.2) is 48.5 Å². The van der Waals surface area contributed by atoms with Crippen LogP contribution in [0.3, 0.4) is 0 Å². The number of nitrogens with one attached hydrogen (secondary N) is 2. The van der Waals surface area contributed by atoms with Crippen LogP contribution in [0, 0.1) is 12.8 Å². The molecule has 2 heterocycles. The Morgan fingerprint density at radius 2 is 1.90 bits per heavy atom. The number of hydrogen-bond donors (Lipinski definition) is 2. The zero-order chi connectivity index (χ0) is 20.2. The van der Waals surface area contributed by atoms with E-state index < -0.39 is 0 Å². The number of likely N-dealkylation sites (tertiary alicyclic amines) is 1. The molecule has 2 aromatic carbocycles. The van der Waals surface area contributed by atoms with Crippen molar-refractivity contribution in [3.05, 3.63) is 65.4 Å². The van der Waals surface area contributed by atoms with Gasteiger partial charge in [-0.2, -0.15) is 0 Å². The molecule has 0 atom stereocenters. The summed E-state index contributed by atoms with van der Waals surface area (Å²) in [7, 11) is 1.69. The molecule has 0 radical (unpaired) electrons. The molecule has 3 aromatic rings. The van der Waals surface area contributed by atoms with E-state index in [-0.39, 0.29) is 5.91 Å². The van der Waals surface area contributed by atoms with E-state index in [1.165, 1.54) is 11.1 Å². The molecule has 152 valence electrons. The van der Waals surface area contributed by atoms with Crippen LogP contribution >= 0.6 is 0 Å². The van der Waals surface area contributed by atoms with Crippen molar-refractivity contribution in [1.82, 2.24) is 15.2 Å². The fraction of sp³-hybridized carbons (Fsp3) is 0.375. The summed E-state index contributed by atoms with van der Waals surface area (Å²) < 4.78 is 5.22. The van der Waals surface area contributed by atoms with Gasteiger partial charge in [-0.3, -0.25) is 9.69 Å². The number of aromatic amines is 1. The molecular formula is C24H29N3O2. The van der Waals surface area contributed by atoms with E-state index in [1.54, 1.807) is 7.11 Å². The van der Waals surface area contributed by atoms with Crippen LogP contribution in [0.25, 0.3) is 10.9 Å². The molecule has 5 heteroatoms. The Morgan fingerprint density at radius 1 is 1.14 bits per heavy atom. The van der Waals surface area contributed by atoms with E-state index in [9.17, 15) is 4.79 Å². The number of hydrogen-bond acceptors (Lipinski definition) is 3. The number of fused-ring (bicyclic) bond motifs is 1. The first-order valence-electron chi connectivity index (χ1n) is 10.3. The number of ether oxygens (including phenoxy) is 1. The summed E-state index contributed by atoms with van der Waals surface area (Å²) in [4.78, 5) is 18.3. The first kappa shape index (κ1) is 19.5. The van der Waals surface area contributed by atoms with Gasteiger partial charge < -0.3 is 15.0 Å². The minimum atomic E-state index is -0.0143. The fourth-order valence-electron chi connectivity index (χ4n) is 4.03. The summed E-state index contributed by atoms with van der Waals surface area (Å²) in [6.07, 6.45) is 2.23. The Balaban J connectivity index is 1.24. The van der Waals surface area contributed by atoms with Crippen LogP contribution in [0.4, 0.5) is 0 Å². The second-order valence-corrected chi connectivity index (χ2v) is 8.05. The number of nitrogens with zero attached hydrogens (tertiary/aromatic N) is 1. The highest BCUT2D eigenvalue weighted by molar-refractivity contribution is 5.98. The van der Waals surface area contributed by atoms with Crippen LogP contribution < -0.4 is 10.1 Å². The predicted molar refractivity (Wildman–Crippen MR) is 116 cm³/mol. The van der Waals surface area contributed by atoms with Crippen LogP contribution in [0.2, 0.25) is 0 Å². The molecule has 1 aliphatic rings. The smallest absolute Gasteiger partial charge is 0.267 e. The molecule has 1 aromatic heterocycles. The lowest BCUT2D eigenvalue weighted by atomic mass is 9.96. The Morgan fingerprint density at radius 3 is 2.62 bits per heavy atom. The third kappa shape index (κ3) is 4.80. The molecule has 0 aliphatic carbocycles. The maximum absolute atomic E-state index is 12.5. The second-order valence-electron chi connectivity index (χ2n) is 8.05. The van der Waals surface area contributed by atoms with Gasteiger partial charge in [0, 0.05) is 24.0 Å². The van der Waals surface area contributed by atoms with Crippen molar-refractivity contribution in [2.24, 2.45) is 5.92 Å². The van der Waals surface area contributed by atoms with Gasteiger partial charge in [0.1, 0.15) is 11.4 Å². The van der Waals surface area contributed by atoms with Crippen LogP contribution in [-0.2, 0) is 6.54 Å². The number of aromatic nitrogens is 1. The fourth-order valence-corrected chi connectivity index (χ4v) is 4.03. The molecule has 0 bridgehead atoms. The standard InChI is InChI=1S/C24H29N3O2/c1-17-3-6-20-14-23(26-22(20)13-17)24(28)25-15-18-9-11-27(12-10-18)16-19-4-7-21(29-2)8-5-19/h3-8,13-14,18,26H,9-12,15-16H2,1-2H3,(H,25,28). The first-order chi connectivity index (χ1) is 14.1. The number of piperidine rings is 1. The van der Waals surface area contributed by atoms with Crippen molar-refractivity contribution in [1.29, 1.82) is 0 Å². The highest BCUT2D eigenvalue weighted by Crippen LogP contribution is 2.20. The topological polar surface area (TPSA) is 57.4 Å². The molecule has 29 heavy (non-hydrogen) atoms. The van der Waals surface area contributed by atoms with E-state index >= 15 is 0 Å². The SMILES string of the molecule is COc1ccc(CN2CCC(CNC(=O)c3cc4ccc(C)cc4[nH]3)CC2)cc1. The van der Waals surface area contributed by atoms with E-state index in [0.29, 0.717) is 11.6 Å². The van der Waals surface area contributed by atoms with Gasteiger partial charge in [0.15, 0.2) is 0 Å². The monoisotopic (exact) mass is 391 g/mol. The number of methoxy groups -OCH3 is 1. The number of aryl methyl sites for hydroxylation is 1. The van der Waals surface area contributed by atoms with Crippen molar-refractivity contribution < 1.29 is 9.53 Å². The van der Waals surface area contributed by atoms with E-state index in [0.717, 1.165) is 55.7 Å². The zero-order valence-electron chi connectivity index (χ0n) is 17.2. The second kappa shape index (κ2) is 8.70. The van der Waals surface area contributed by atoms with Crippen LogP contribution in [0.1, 0.15) is 34.5 Å². The summed E-state index contributed by atoms with van der Waals surface area (Å²) >= 11 is 0. The lowest BCUT2D eigenvalue weighted by Crippen LogP contribution is -2.38. The molecule has 1 saturated heterocycles. The average molecular weight is 392 g/mol. The van der Waals surface area contributed by atoms with Crippen LogP contribution in [-0.4, -0.2) is 42.5 Å². The number of rotatable bonds is 6. The maximum Gasteiger partial charge on any atom is 0.267 e. The number of amides is 1. The first-order valence-corrected chi connectivity index (χ1v) is 10.3. The van der Waals surface area contributed by atoms with Gasteiger partial charge in [-0.15, -0.1) is 0 Å². The molecule has 1 fully saturated rings. The zero-order valence-corrected chi connectivity index (χ0v) is 17.2. The summed E-state index contributed by atoms with van der Waals surface area (Å²) in [6.45, 7) is 5.90. The summed E-state index contributed by atoms with van der Waals surface area (Å²) in [5.41, 5.74) is 4.16. The molecule has 1 amide bonds. The molecule has 1 aliphatic heterocycles. The minimum absolute atomic E-state index is 0.0143. The van der Waals surface area contributed by atoms with Crippen molar-refractivity contribution in [2.45, 2.75) is 26.3 Å². The summed E-state index contributed by atoms with van der Waals surface area (Å²) in [5.74, 6) is 1.42. The Labute approximate surface area is 172 Å². The molecule has 0 spiro atoms. The van der Waals surface area contributed by atoms with Gasteiger partial charge in [-0.05, 0) is 74.2 Å². The number of H-pyrrole nitrogens is 1. The third-order valence-electron chi connectivity index (χ3n) is 5.85. The summed E-state index contributed by atoms with van der Waals surface area (Å²) in [6, 6.07) is 16.4. The highest BCUT2D eigenvalue weighted by Gasteiger charge is 2.20. The van der Waals surface area contributed by atoms with Gasteiger partial charge in [-0.1, -0.05) is 24.3 Å². The Bertz CT molecular complexity index is 969. The lowest BCUT2D eigenvalue weighted by molar-refractivity contribution is 0.0931. The maximum atomic E-state index is 12.5. The predicted octanol–water partition coefficient (Wildman–Crippen LogP) is 4.13. The normalized spacial score (nSPS) is 15.5. The van der Waals surface area contributed by atoms with E-state index in [2.05, 4.69) is 52.5 Å². The minimum Gasteiger partial charge on any atom is -0.497 e. The molecule has 0 unspecified atom stereocenters. The van der Waals surface area contributed by atoms with Crippen molar-refractivity contribution in [3.63, 3.8) is 0 Å². The largest absolute Gasteiger partial charge is 0.497 e. The molecule has 4 rings (SSSR count). The van der Waals surface area contributed by atoms with Crippen LogP contribution in [0.5, 0.6) is 5.75 Å². The van der Waals surface area contributed by atoms with E-state index in [1.807, 2.05) is 18.2 Å². The average Bonchev–Trinajstić information content (AvgIpc) is 3.17. The van der Waals surface area contributed by atoms with E-state index in [4.69, 9.17) is 4.74 Å². The number of carbonyl (C=O) groups excluding carboxylic acids is 1. The van der Waals surface area contributed by atoms with Crippen molar-refractivity contribution in [3.8, 4) is 5.75 Å². The van der Waals surface area contributed by atoms with Gasteiger partial charge in [0.2, 0.25) is 0 Å². The third-order valence-corrected chi connectivity index (χ3v) is 5.85. The molecule has 5 nitrogen and oxygen atoms in total. The highest BCUT2D eigenvalue weighted by atomic mass is 16.5. The summed E-state index contributed by atoms with van der Waals surface area (Å²) in [5, 5.41) is 4.20. The molecule has 0 saturated carbocycles. The van der Waals surface area contributed by atoms with Gasteiger partial charge in [-0.25, -0.2) is 0 Å². The van der Waals surface area contributed by atoms with Gasteiger partial charge >= 0.3 is 0 Å². The Kier molecular flexibility index (Phi) is 5.86. The lowest BCUT2D eigenvalue weighted by Gasteiger charge is -2.32. The number of carbonyl (C=O) groups is 1. The van der Waals surface area contributed by atoms with Crippen molar-refractivity contribution in [2.75, 3.05) is 26.7 Å². The van der Waals surface area contributed by atoms with Gasteiger partial charge in [0.25, 0.3) is 5.91 Å². The molecule has 2 N–H and O–H groups in total. The van der Waals surface area contributed by atoms with Crippen molar-refractivity contribution >= 4 is 16.8 Å². The quantitative estimate of drug-likeness (QED) is 0.664. The van der Waals surface area contributed by atoms with Gasteiger partial charge in [0.05, 0.1) is 7.11 Å².